The zero-order valence-electron chi connectivity index (χ0n) is 7.09. The summed E-state index contributed by atoms with van der Waals surface area (Å²) < 4.78 is 0. The van der Waals surface area contributed by atoms with E-state index in [1.807, 2.05) is 0 Å². The van der Waals surface area contributed by atoms with Crippen molar-refractivity contribution >= 4 is 15.9 Å². The first-order chi connectivity index (χ1) is 5.88. The van der Waals surface area contributed by atoms with Gasteiger partial charge in [0.25, 0.3) is 0 Å². The van der Waals surface area contributed by atoms with Crippen molar-refractivity contribution in [2.24, 2.45) is 0 Å². The van der Waals surface area contributed by atoms with Gasteiger partial charge in [-0.15, -0.1) is 0 Å². The Labute approximate surface area is 82.1 Å². The summed E-state index contributed by atoms with van der Waals surface area (Å²) in [6.07, 6.45) is 5.25. The maximum Gasteiger partial charge on any atom is 0.0398 e. The van der Waals surface area contributed by atoms with Crippen LogP contribution in [0.25, 0.3) is 0 Å². The van der Waals surface area contributed by atoms with Crippen molar-refractivity contribution in [3.8, 4) is 0 Å². The van der Waals surface area contributed by atoms with Gasteiger partial charge in [-0.2, -0.15) is 0 Å². The van der Waals surface area contributed by atoms with Crippen LogP contribution in [0.2, 0.25) is 0 Å². The molecule has 1 unspecified atom stereocenters. The summed E-state index contributed by atoms with van der Waals surface area (Å²) in [5.74, 6) is 0. The number of rotatable bonds is 0. The second kappa shape index (κ2) is 3.61. The molecule has 0 saturated carbocycles. The highest BCUT2D eigenvalue weighted by Crippen LogP contribution is 2.34. The molecule has 0 nitrogen and oxygen atoms in total. The van der Waals surface area contributed by atoms with Crippen molar-refractivity contribution in [3.05, 3.63) is 35.4 Å². The molecular weight excluding hydrogens is 212 g/mol. The molecule has 0 heterocycles. The minimum Gasteiger partial charge on any atom is -0.0839 e. The van der Waals surface area contributed by atoms with E-state index in [1.165, 1.54) is 36.8 Å². The third-order valence-corrected chi connectivity index (χ3v) is 3.50. The molecule has 2 rings (SSSR count). The van der Waals surface area contributed by atoms with Crippen LogP contribution in [0, 0.1) is 0 Å². The van der Waals surface area contributed by atoms with E-state index < -0.39 is 0 Å². The fraction of sp³-hybridized carbons (Fsp3) is 0.455. The van der Waals surface area contributed by atoms with E-state index in [4.69, 9.17) is 0 Å². The van der Waals surface area contributed by atoms with Crippen molar-refractivity contribution in [2.45, 2.75) is 30.5 Å². The number of hydrogen-bond donors (Lipinski definition) is 0. The van der Waals surface area contributed by atoms with Crippen molar-refractivity contribution < 1.29 is 0 Å². The Bertz CT molecular complexity index is 267. The SMILES string of the molecule is BrC1CCCCc2ccccc21. The Kier molecular flexibility index (Phi) is 2.50. The van der Waals surface area contributed by atoms with Gasteiger partial charge in [0.2, 0.25) is 0 Å². The van der Waals surface area contributed by atoms with Gasteiger partial charge in [0, 0.05) is 4.83 Å². The molecule has 0 amide bonds. The van der Waals surface area contributed by atoms with Crippen molar-refractivity contribution in [1.29, 1.82) is 0 Å². The maximum absolute atomic E-state index is 3.74. The molecule has 0 N–H and O–H groups in total. The lowest BCUT2D eigenvalue weighted by molar-refractivity contribution is 0.708. The highest BCUT2D eigenvalue weighted by molar-refractivity contribution is 9.09. The molecule has 0 saturated heterocycles. The molecule has 0 bridgehead atoms. The molecule has 0 aliphatic heterocycles. The Morgan fingerprint density at radius 1 is 1.17 bits per heavy atom. The van der Waals surface area contributed by atoms with Crippen molar-refractivity contribution in [2.75, 3.05) is 0 Å². The largest absolute Gasteiger partial charge is 0.0839 e. The molecule has 0 aromatic heterocycles. The molecule has 1 aromatic rings. The number of halogens is 1. The number of hydrogen-bond acceptors (Lipinski definition) is 0. The van der Waals surface area contributed by atoms with Crippen LogP contribution in [0.4, 0.5) is 0 Å². The van der Waals surface area contributed by atoms with Crippen LogP contribution in [0.1, 0.15) is 35.2 Å². The van der Waals surface area contributed by atoms with Gasteiger partial charge < -0.3 is 0 Å². The minimum atomic E-state index is 0.594. The Balaban J connectivity index is 2.39. The van der Waals surface area contributed by atoms with E-state index in [-0.39, 0.29) is 0 Å². The molecule has 1 aliphatic carbocycles. The van der Waals surface area contributed by atoms with E-state index in [9.17, 15) is 0 Å². The molecule has 64 valence electrons. The Morgan fingerprint density at radius 2 is 2.00 bits per heavy atom. The lowest BCUT2D eigenvalue weighted by atomic mass is 10.0. The van der Waals surface area contributed by atoms with Crippen LogP contribution < -0.4 is 0 Å². The average molecular weight is 225 g/mol. The molecule has 12 heavy (non-hydrogen) atoms. The van der Waals surface area contributed by atoms with E-state index in [0.717, 1.165) is 0 Å². The summed E-state index contributed by atoms with van der Waals surface area (Å²) in [4.78, 5) is 0.594. The van der Waals surface area contributed by atoms with E-state index >= 15 is 0 Å². The van der Waals surface area contributed by atoms with Crippen LogP contribution in [0.3, 0.4) is 0 Å². The van der Waals surface area contributed by atoms with Gasteiger partial charge in [-0.25, -0.2) is 0 Å². The smallest absolute Gasteiger partial charge is 0.0398 e. The van der Waals surface area contributed by atoms with Gasteiger partial charge in [0.1, 0.15) is 0 Å². The van der Waals surface area contributed by atoms with Gasteiger partial charge in [-0.05, 0) is 30.4 Å². The summed E-state index contributed by atoms with van der Waals surface area (Å²) in [5.41, 5.74) is 3.05. The predicted octanol–water partition coefficient (Wildman–Crippen LogP) is 3.85. The van der Waals surface area contributed by atoms with E-state index in [1.54, 1.807) is 0 Å². The monoisotopic (exact) mass is 224 g/mol. The number of aryl methyl sites for hydroxylation is 1. The summed E-state index contributed by atoms with van der Waals surface area (Å²) in [6, 6.07) is 8.79. The van der Waals surface area contributed by atoms with Gasteiger partial charge in [-0.3, -0.25) is 0 Å². The van der Waals surface area contributed by atoms with E-state index in [2.05, 4.69) is 40.2 Å². The number of benzene rings is 1. The molecule has 0 fully saturated rings. The summed E-state index contributed by atoms with van der Waals surface area (Å²) >= 11 is 3.74. The van der Waals surface area contributed by atoms with Crippen LogP contribution in [0.15, 0.2) is 24.3 Å². The third-order valence-electron chi connectivity index (χ3n) is 2.55. The molecule has 1 aromatic carbocycles. The van der Waals surface area contributed by atoms with Crippen LogP contribution in [0.5, 0.6) is 0 Å². The zero-order valence-corrected chi connectivity index (χ0v) is 8.68. The van der Waals surface area contributed by atoms with Gasteiger partial charge in [0.15, 0.2) is 0 Å². The number of alkyl halides is 1. The van der Waals surface area contributed by atoms with Crippen LogP contribution in [-0.4, -0.2) is 0 Å². The molecule has 0 spiro atoms. The van der Waals surface area contributed by atoms with Crippen molar-refractivity contribution in [3.63, 3.8) is 0 Å². The standard InChI is InChI=1S/C11H13Br/c12-11-8-4-2-6-9-5-1-3-7-10(9)11/h1,3,5,7,11H,2,4,6,8H2. The normalized spacial score (nSPS) is 22.9. The predicted molar refractivity (Wildman–Crippen MR) is 55.7 cm³/mol. The van der Waals surface area contributed by atoms with Gasteiger partial charge in [-0.1, -0.05) is 46.6 Å². The average Bonchev–Trinajstić information content (AvgIpc) is 2.29. The molecule has 0 radical (unpaired) electrons. The number of fused-ring (bicyclic) bond motifs is 1. The summed E-state index contributed by atoms with van der Waals surface area (Å²) in [7, 11) is 0. The molecular formula is C11H13Br. The quantitative estimate of drug-likeness (QED) is 0.464. The van der Waals surface area contributed by atoms with E-state index in [0.29, 0.717) is 4.83 Å². The van der Waals surface area contributed by atoms with Crippen LogP contribution >= 0.6 is 15.9 Å². The Hall–Kier alpha value is -0.300. The molecule has 1 aliphatic rings. The fourth-order valence-corrected chi connectivity index (χ4v) is 2.63. The first kappa shape index (κ1) is 8.31. The second-order valence-electron chi connectivity index (χ2n) is 3.41. The summed E-state index contributed by atoms with van der Waals surface area (Å²) in [6.45, 7) is 0. The Morgan fingerprint density at radius 3 is 2.92 bits per heavy atom. The lowest BCUT2D eigenvalue weighted by Gasteiger charge is -2.09. The highest BCUT2D eigenvalue weighted by atomic mass is 79.9. The van der Waals surface area contributed by atoms with Crippen molar-refractivity contribution in [1.82, 2.24) is 0 Å². The first-order valence-electron chi connectivity index (χ1n) is 4.60. The first-order valence-corrected chi connectivity index (χ1v) is 5.51. The third kappa shape index (κ3) is 1.56. The molecule has 1 atom stereocenters. The van der Waals surface area contributed by atoms with Gasteiger partial charge in [0.05, 0.1) is 0 Å². The fourth-order valence-electron chi connectivity index (χ4n) is 1.86. The molecule has 1 heteroatoms. The topological polar surface area (TPSA) is 0 Å². The lowest BCUT2D eigenvalue weighted by Crippen LogP contribution is -1.91. The summed E-state index contributed by atoms with van der Waals surface area (Å²) in [5, 5.41) is 0. The second-order valence-corrected chi connectivity index (χ2v) is 4.52. The van der Waals surface area contributed by atoms with Gasteiger partial charge >= 0.3 is 0 Å². The zero-order chi connectivity index (χ0) is 8.39. The minimum absolute atomic E-state index is 0.594. The highest BCUT2D eigenvalue weighted by Gasteiger charge is 2.14. The maximum atomic E-state index is 3.74. The van der Waals surface area contributed by atoms with Crippen LogP contribution in [-0.2, 0) is 6.42 Å².